The summed E-state index contributed by atoms with van der Waals surface area (Å²) in [5, 5.41) is 1.12. The molecular formula is C26H22N2O3S2. The van der Waals surface area contributed by atoms with E-state index in [-0.39, 0.29) is 16.1 Å². The van der Waals surface area contributed by atoms with Gasteiger partial charge in [-0.25, -0.2) is 0 Å². The number of rotatable bonds is 6. The first-order chi connectivity index (χ1) is 15.9. The van der Waals surface area contributed by atoms with Crippen LogP contribution in [0.2, 0.25) is 0 Å². The monoisotopic (exact) mass is 474 g/mol. The number of hydrogen-bond acceptors (Lipinski definition) is 5. The van der Waals surface area contributed by atoms with Gasteiger partial charge in [0.25, 0.3) is 11.8 Å². The van der Waals surface area contributed by atoms with Gasteiger partial charge >= 0.3 is 0 Å². The zero-order valence-corrected chi connectivity index (χ0v) is 19.8. The summed E-state index contributed by atoms with van der Waals surface area (Å²) in [6.45, 7) is 4.44. The number of ether oxygens (including phenoxy) is 1. The Balaban J connectivity index is 1.43. The molecule has 0 bridgehead atoms. The Morgan fingerprint density at radius 3 is 2.39 bits per heavy atom. The van der Waals surface area contributed by atoms with E-state index < -0.39 is 0 Å². The Bertz CT molecular complexity index is 1240. The number of nitrogens with one attached hydrogen (secondary N) is 1. The lowest BCUT2D eigenvalue weighted by atomic mass is 10.1. The molecule has 166 valence electrons. The van der Waals surface area contributed by atoms with Crippen molar-refractivity contribution in [3.63, 3.8) is 0 Å². The largest absolute Gasteiger partial charge is 0.489 e. The zero-order chi connectivity index (χ0) is 23.4. The highest BCUT2D eigenvalue weighted by Gasteiger charge is 2.33. The summed E-state index contributed by atoms with van der Waals surface area (Å²) in [7, 11) is 0. The number of thiocarbonyl (C=S) groups is 1. The molecular weight excluding hydrogens is 452 g/mol. The average molecular weight is 475 g/mol. The highest BCUT2D eigenvalue weighted by Crippen LogP contribution is 2.32. The summed E-state index contributed by atoms with van der Waals surface area (Å²) in [6, 6.07) is 22.8. The van der Waals surface area contributed by atoms with Crippen molar-refractivity contribution in [2.75, 3.05) is 0 Å². The summed E-state index contributed by atoms with van der Waals surface area (Å²) in [5.74, 6) is -0.0528. The summed E-state index contributed by atoms with van der Waals surface area (Å²) in [4.78, 5) is 25.8. The molecule has 4 rings (SSSR count). The fourth-order valence-electron chi connectivity index (χ4n) is 3.13. The average Bonchev–Trinajstić information content (AvgIpc) is 3.06. The lowest BCUT2D eigenvalue weighted by Crippen LogP contribution is -2.44. The van der Waals surface area contributed by atoms with Crippen molar-refractivity contribution < 1.29 is 14.3 Å². The number of hydrogen-bond donors (Lipinski definition) is 1. The molecule has 7 heteroatoms. The van der Waals surface area contributed by atoms with Crippen molar-refractivity contribution in [2.45, 2.75) is 20.5 Å². The highest BCUT2D eigenvalue weighted by molar-refractivity contribution is 8.26. The third-order valence-corrected chi connectivity index (χ3v) is 6.30. The van der Waals surface area contributed by atoms with Gasteiger partial charge in [0.15, 0.2) is 4.32 Å². The van der Waals surface area contributed by atoms with Crippen molar-refractivity contribution in [3.05, 3.63) is 106 Å². The molecule has 3 aromatic carbocycles. The lowest BCUT2D eigenvalue weighted by Gasteiger charge is -2.15. The topological polar surface area (TPSA) is 58.6 Å². The van der Waals surface area contributed by atoms with Crippen LogP contribution in [0.15, 0.2) is 77.7 Å². The third-order valence-electron chi connectivity index (χ3n) is 5.00. The Morgan fingerprint density at radius 2 is 1.70 bits per heavy atom. The van der Waals surface area contributed by atoms with E-state index in [1.54, 1.807) is 18.2 Å². The van der Waals surface area contributed by atoms with E-state index in [2.05, 4.69) is 17.6 Å². The van der Waals surface area contributed by atoms with Gasteiger partial charge in [-0.3, -0.25) is 15.0 Å². The highest BCUT2D eigenvalue weighted by atomic mass is 32.2. The molecule has 1 aliphatic heterocycles. The van der Waals surface area contributed by atoms with Gasteiger partial charge in [0.1, 0.15) is 12.4 Å². The molecule has 1 fully saturated rings. The second-order valence-electron chi connectivity index (χ2n) is 7.67. The van der Waals surface area contributed by atoms with Gasteiger partial charge in [-0.2, -0.15) is 5.01 Å². The Hall–Kier alpha value is -3.42. The molecule has 0 saturated carbocycles. The van der Waals surface area contributed by atoms with E-state index >= 15 is 0 Å². The maximum absolute atomic E-state index is 12.9. The van der Waals surface area contributed by atoms with E-state index in [0.717, 1.165) is 33.5 Å². The fraction of sp³-hybridized carbons (Fsp3) is 0.115. The molecule has 5 nitrogen and oxygen atoms in total. The van der Waals surface area contributed by atoms with Crippen molar-refractivity contribution in [2.24, 2.45) is 0 Å². The Morgan fingerprint density at radius 1 is 1.03 bits per heavy atom. The first kappa shape index (κ1) is 22.8. The van der Waals surface area contributed by atoms with Crippen molar-refractivity contribution >= 4 is 46.2 Å². The van der Waals surface area contributed by atoms with Crippen LogP contribution in [0.5, 0.6) is 5.75 Å². The lowest BCUT2D eigenvalue weighted by molar-refractivity contribution is -0.123. The van der Waals surface area contributed by atoms with E-state index in [1.807, 2.05) is 62.4 Å². The fourth-order valence-corrected chi connectivity index (χ4v) is 4.31. The first-order valence-electron chi connectivity index (χ1n) is 10.3. The number of thioether (sulfide) groups is 1. The van der Waals surface area contributed by atoms with Gasteiger partial charge in [0, 0.05) is 5.56 Å². The second-order valence-corrected chi connectivity index (χ2v) is 9.35. The molecule has 0 aliphatic carbocycles. The van der Waals surface area contributed by atoms with E-state index in [9.17, 15) is 9.59 Å². The quantitative estimate of drug-likeness (QED) is 0.381. The van der Waals surface area contributed by atoms with Crippen LogP contribution in [-0.2, 0) is 11.4 Å². The van der Waals surface area contributed by atoms with Gasteiger partial charge < -0.3 is 4.74 Å². The molecule has 0 aromatic heterocycles. The van der Waals surface area contributed by atoms with Crippen LogP contribution in [0.3, 0.4) is 0 Å². The van der Waals surface area contributed by atoms with E-state index in [1.165, 1.54) is 5.56 Å². The minimum Gasteiger partial charge on any atom is -0.489 e. The Labute approximate surface area is 202 Å². The number of aryl methyl sites for hydroxylation is 2. The van der Waals surface area contributed by atoms with Crippen LogP contribution in [0.25, 0.3) is 6.08 Å². The molecule has 1 N–H and O–H groups in total. The molecule has 1 heterocycles. The SMILES string of the molecule is Cc1ccc(COc2cccc(/C=C3\SC(=S)N(NC(=O)c4ccc(C)cc4)C3=O)c2)cc1. The molecule has 0 atom stereocenters. The van der Waals surface area contributed by atoms with Crippen molar-refractivity contribution in [1.29, 1.82) is 0 Å². The number of carbonyl (C=O) groups excluding carboxylic acids is 2. The van der Waals surface area contributed by atoms with Crippen LogP contribution in [0, 0.1) is 13.8 Å². The predicted molar refractivity (Wildman–Crippen MR) is 136 cm³/mol. The van der Waals surface area contributed by atoms with Crippen LogP contribution >= 0.6 is 24.0 Å². The summed E-state index contributed by atoms with van der Waals surface area (Å²) in [5.41, 5.74) is 7.19. The van der Waals surface area contributed by atoms with E-state index in [0.29, 0.717) is 22.8 Å². The van der Waals surface area contributed by atoms with Crippen LogP contribution in [0.4, 0.5) is 0 Å². The molecule has 1 aliphatic rings. The number of amides is 2. The molecule has 33 heavy (non-hydrogen) atoms. The van der Waals surface area contributed by atoms with Gasteiger partial charge in [-0.1, -0.05) is 71.4 Å². The number of hydrazine groups is 1. The number of carbonyl (C=O) groups is 2. The van der Waals surface area contributed by atoms with Crippen LogP contribution < -0.4 is 10.2 Å². The number of benzene rings is 3. The smallest absolute Gasteiger partial charge is 0.285 e. The minimum absolute atomic E-state index is 0.276. The Kier molecular flexibility index (Phi) is 6.91. The molecule has 0 unspecified atom stereocenters. The predicted octanol–water partition coefficient (Wildman–Crippen LogP) is 5.43. The van der Waals surface area contributed by atoms with Gasteiger partial charge in [0.2, 0.25) is 0 Å². The second kappa shape index (κ2) is 10.0. The van der Waals surface area contributed by atoms with Gasteiger partial charge in [0.05, 0.1) is 4.91 Å². The van der Waals surface area contributed by atoms with E-state index in [4.69, 9.17) is 17.0 Å². The summed E-state index contributed by atoms with van der Waals surface area (Å²) >= 11 is 6.47. The maximum atomic E-state index is 12.9. The standard InChI is InChI=1S/C26H22N2O3S2/c1-17-6-10-19(11-7-17)16-31-22-5-3-4-20(14-22)15-23-25(30)28(26(32)33-23)27-24(29)21-12-8-18(2)9-13-21/h3-15H,16H2,1-2H3,(H,27,29)/b23-15-. The third kappa shape index (κ3) is 5.69. The maximum Gasteiger partial charge on any atom is 0.285 e. The summed E-state index contributed by atoms with van der Waals surface area (Å²) < 4.78 is 6.18. The first-order valence-corrected chi connectivity index (χ1v) is 11.6. The van der Waals surface area contributed by atoms with Crippen LogP contribution in [-0.4, -0.2) is 21.1 Å². The van der Waals surface area contributed by atoms with Crippen molar-refractivity contribution in [1.82, 2.24) is 10.4 Å². The number of nitrogens with zero attached hydrogens (tertiary/aromatic N) is 1. The molecule has 2 amide bonds. The van der Waals surface area contributed by atoms with Gasteiger partial charge in [-0.15, -0.1) is 0 Å². The van der Waals surface area contributed by atoms with Crippen LogP contribution in [0.1, 0.15) is 32.6 Å². The zero-order valence-electron chi connectivity index (χ0n) is 18.2. The van der Waals surface area contributed by atoms with Gasteiger partial charge in [-0.05, 0) is 67.5 Å². The molecule has 0 radical (unpaired) electrons. The molecule has 3 aromatic rings. The molecule has 1 saturated heterocycles. The molecule has 0 spiro atoms. The van der Waals surface area contributed by atoms with Crippen molar-refractivity contribution in [3.8, 4) is 5.75 Å². The normalized spacial score (nSPS) is 14.6. The minimum atomic E-state index is -0.390. The summed E-state index contributed by atoms with van der Waals surface area (Å²) in [6.07, 6.45) is 1.75.